The highest BCUT2D eigenvalue weighted by Gasteiger charge is 2.60. The average molecular weight is 318 g/mol. The number of allylic oxidation sites excluding steroid dienone is 1. The Morgan fingerprint density at radius 1 is 1.17 bits per heavy atom. The number of carbonyl (C=O) groups excluding carboxylic acids is 1. The molecule has 4 aliphatic carbocycles. The van der Waals surface area contributed by atoms with Crippen LogP contribution in [0.2, 0.25) is 0 Å². The molecule has 3 fully saturated rings. The van der Waals surface area contributed by atoms with Gasteiger partial charge in [0.2, 0.25) is 0 Å². The van der Waals surface area contributed by atoms with Crippen LogP contribution >= 0.6 is 0 Å². The van der Waals surface area contributed by atoms with Crippen LogP contribution < -0.4 is 0 Å². The standard InChI is InChI=1S/C20H30O3/c1-12-9-14-15-3-4-18(23)19(15,2)7-6-16(14)20(11-21)8-5-13(22)10-17(12)20/h14-16,18,21,23H,3-11H2,1-2H3/t14-,15-,16+,18?,19-,20-/m0/s1. The number of ketones is 1. The highest BCUT2D eigenvalue weighted by atomic mass is 16.3. The van der Waals surface area contributed by atoms with Gasteiger partial charge in [0, 0.05) is 18.3 Å². The molecule has 3 heteroatoms. The topological polar surface area (TPSA) is 57.5 Å². The first-order chi connectivity index (χ1) is 10.9. The third-order valence-electron chi connectivity index (χ3n) is 8.26. The number of rotatable bonds is 1. The van der Waals surface area contributed by atoms with Gasteiger partial charge in [-0.25, -0.2) is 0 Å². The first-order valence-electron chi connectivity index (χ1n) is 9.42. The van der Waals surface area contributed by atoms with E-state index >= 15 is 0 Å². The molecule has 2 N–H and O–H groups in total. The van der Waals surface area contributed by atoms with Gasteiger partial charge in [-0.1, -0.05) is 18.1 Å². The van der Waals surface area contributed by atoms with Gasteiger partial charge in [0.25, 0.3) is 0 Å². The molecule has 128 valence electrons. The van der Waals surface area contributed by atoms with Crippen LogP contribution in [0.15, 0.2) is 11.1 Å². The molecule has 6 atom stereocenters. The second kappa shape index (κ2) is 5.16. The lowest BCUT2D eigenvalue weighted by atomic mass is 9.46. The molecule has 4 rings (SSSR count). The van der Waals surface area contributed by atoms with Crippen LogP contribution in [0.25, 0.3) is 0 Å². The van der Waals surface area contributed by atoms with Gasteiger partial charge in [-0.3, -0.25) is 4.79 Å². The Balaban J connectivity index is 1.77. The normalized spacial score (nSPS) is 49.7. The van der Waals surface area contributed by atoms with E-state index in [4.69, 9.17) is 0 Å². The first kappa shape index (κ1) is 15.8. The van der Waals surface area contributed by atoms with Crippen molar-refractivity contribution in [3.05, 3.63) is 11.1 Å². The fraction of sp³-hybridized carbons (Fsp3) is 0.850. The van der Waals surface area contributed by atoms with Gasteiger partial charge in [-0.15, -0.1) is 0 Å². The summed E-state index contributed by atoms with van der Waals surface area (Å²) in [6.45, 7) is 4.67. The Labute approximate surface area is 139 Å². The molecular formula is C20H30O3. The summed E-state index contributed by atoms with van der Waals surface area (Å²) in [4.78, 5) is 12.0. The smallest absolute Gasteiger partial charge is 0.136 e. The van der Waals surface area contributed by atoms with Crippen molar-refractivity contribution in [1.29, 1.82) is 0 Å². The zero-order valence-electron chi connectivity index (χ0n) is 14.5. The van der Waals surface area contributed by atoms with E-state index in [2.05, 4.69) is 13.8 Å². The lowest BCUT2D eigenvalue weighted by Gasteiger charge is -2.58. The molecule has 0 radical (unpaired) electrons. The van der Waals surface area contributed by atoms with E-state index in [0.717, 1.165) is 38.5 Å². The van der Waals surface area contributed by atoms with Crippen LogP contribution in [-0.4, -0.2) is 28.7 Å². The van der Waals surface area contributed by atoms with E-state index in [1.54, 1.807) is 0 Å². The third kappa shape index (κ3) is 1.99. The number of hydrogen-bond acceptors (Lipinski definition) is 3. The average Bonchev–Trinajstić information content (AvgIpc) is 2.84. The van der Waals surface area contributed by atoms with Crippen LogP contribution in [0, 0.1) is 28.6 Å². The molecule has 0 aromatic heterocycles. The summed E-state index contributed by atoms with van der Waals surface area (Å²) in [5.41, 5.74) is 2.56. The summed E-state index contributed by atoms with van der Waals surface area (Å²) in [6.07, 6.45) is 7.18. The van der Waals surface area contributed by atoms with Crippen LogP contribution in [0.4, 0.5) is 0 Å². The van der Waals surface area contributed by atoms with Crippen LogP contribution in [-0.2, 0) is 4.79 Å². The van der Waals surface area contributed by atoms with Crippen molar-refractivity contribution < 1.29 is 15.0 Å². The number of aliphatic hydroxyl groups is 2. The highest BCUT2D eigenvalue weighted by molar-refractivity contribution is 5.83. The Kier molecular flexibility index (Phi) is 3.55. The molecule has 0 heterocycles. The number of fused-ring (bicyclic) bond motifs is 5. The number of Topliss-reactive ketones (excluding diaryl/α,β-unsaturated/α-hetero) is 1. The fourth-order valence-electron chi connectivity index (χ4n) is 6.96. The Morgan fingerprint density at radius 3 is 2.70 bits per heavy atom. The Bertz CT molecular complexity index is 565. The number of hydrogen-bond donors (Lipinski definition) is 2. The second-order valence-corrected chi connectivity index (χ2v) is 9.01. The molecule has 3 saturated carbocycles. The van der Waals surface area contributed by atoms with Gasteiger partial charge in [0.1, 0.15) is 5.78 Å². The molecule has 3 nitrogen and oxygen atoms in total. The molecule has 1 unspecified atom stereocenters. The van der Waals surface area contributed by atoms with Gasteiger partial charge in [0.15, 0.2) is 0 Å². The lowest BCUT2D eigenvalue weighted by molar-refractivity contribution is -0.125. The summed E-state index contributed by atoms with van der Waals surface area (Å²) < 4.78 is 0. The van der Waals surface area contributed by atoms with E-state index in [9.17, 15) is 15.0 Å². The Hall–Kier alpha value is -0.670. The van der Waals surface area contributed by atoms with Gasteiger partial charge < -0.3 is 10.2 Å². The lowest BCUT2D eigenvalue weighted by Crippen LogP contribution is -2.53. The van der Waals surface area contributed by atoms with Crippen LogP contribution in [0.5, 0.6) is 0 Å². The van der Waals surface area contributed by atoms with E-state index < -0.39 is 0 Å². The molecule has 0 spiro atoms. The van der Waals surface area contributed by atoms with Gasteiger partial charge in [-0.05, 0) is 68.6 Å². The van der Waals surface area contributed by atoms with E-state index in [-0.39, 0.29) is 23.5 Å². The zero-order valence-corrected chi connectivity index (χ0v) is 14.5. The predicted molar refractivity (Wildman–Crippen MR) is 88.7 cm³/mol. The predicted octanol–water partition coefficient (Wildman–Crippen LogP) is 3.24. The number of carbonyl (C=O) groups is 1. The zero-order chi connectivity index (χ0) is 16.4. The highest BCUT2D eigenvalue weighted by Crippen LogP contribution is 2.65. The molecular weight excluding hydrogens is 288 g/mol. The SMILES string of the molecule is CC1=C2CC(=O)CC[C@]2(CO)[C@@H]2CC[C@]3(C)C(O)CC[C@H]3[C@@H]2C1. The monoisotopic (exact) mass is 318 g/mol. The maximum atomic E-state index is 12.0. The minimum atomic E-state index is -0.155. The first-order valence-corrected chi connectivity index (χ1v) is 9.42. The van der Waals surface area contributed by atoms with Gasteiger partial charge in [0.05, 0.1) is 12.7 Å². The molecule has 4 aliphatic rings. The molecule has 0 aliphatic heterocycles. The van der Waals surface area contributed by atoms with E-state index in [1.165, 1.54) is 11.1 Å². The maximum Gasteiger partial charge on any atom is 0.136 e. The summed E-state index contributed by atoms with van der Waals surface area (Å²) >= 11 is 0. The van der Waals surface area contributed by atoms with E-state index in [1.807, 2.05) is 0 Å². The van der Waals surface area contributed by atoms with Crippen LogP contribution in [0.3, 0.4) is 0 Å². The van der Waals surface area contributed by atoms with Crippen molar-refractivity contribution in [3.8, 4) is 0 Å². The molecule has 0 aromatic rings. The molecule has 0 aromatic carbocycles. The maximum absolute atomic E-state index is 12.0. The quantitative estimate of drug-likeness (QED) is 0.730. The Morgan fingerprint density at radius 2 is 1.96 bits per heavy atom. The summed E-state index contributed by atoms with van der Waals surface area (Å²) in [7, 11) is 0. The minimum Gasteiger partial charge on any atom is -0.395 e. The molecule has 0 saturated heterocycles. The van der Waals surface area contributed by atoms with Crippen molar-refractivity contribution in [2.45, 2.75) is 71.3 Å². The summed E-state index contributed by atoms with van der Waals surface area (Å²) in [5.74, 6) is 2.00. The molecule has 0 bridgehead atoms. The molecule has 0 amide bonds. The number of aliphatic hydroxyl groups excluding tert-OH is 2. The van der Waals surface area contributed by atoms with Crippen molar-refractivity contribution >= 4 is 5.78 Å². The van der Waals surface area contributed by atoms with E-state index in [0.29, 0.717) is 36.4 Å². The largest absolute Gasteiger partial charge is 0.395 e. The summed E-state index contributed by atoms with van der Waals surface area (Å²) in [6, 6.07) is 0. The van der Waals surface area contributed by atoms with Crippen molar-refractivity contribution in [2.24, 2.45) is 28.6 Å². The van der Waals surface area contributed by atoms with Crippen molar-refractivity contribution in [1.82, 2.24) is 0 Å². The van der Waals surface area contributed by atoms with Crippen molar-refractivity contribution in [2.75, 3.05) is 6.61 Å². The van der Waals surface area contributed by atoms with Crippen molar-refractivity contribution in [3.63, 3.8) is 0 Å². The fourth-order valence-corrected chi connectivity index (χ4v) is 6.96. The van der Waals surface area contributed by atoms with Crippen LogP contribution in [0.1, 0.15) is 65.2 Å². The summed E-state index contributed by atoms with van der Waals surface area (Å²) in [5, 5.41) is 20.9. The molecule has 23 heavy (non-hydrogen) atoms. The minimum absolute atomic E-state index is 0.0695. The second-order valence-electron chi connectivity index (χ2n) is 9.01. The third-order valence-corrected chi connectivity index (χ3v) is 8.26. The van der Waals surface area contributed by atoms with Gasteiger partial charge >= 0.3 is 0 Å². The van der Waals surface area contributed by atoms with Gasteiger partial charge in [-0.2, -0.15) is 0 Å².